The second-order valence-corrected chi connectivity index (χ2v) is 5.71. The van der Waals surface area contributed by atoms with Gasteiger partial charge < -0.3 is 14.9 Å². The minimum Gasteiger partial charge on any atom is -0.481 e. The summed E-state index contributed by atoms with van der Waals surface area (Å²) in [5.74, 6) is -0.401. The molecule has 0 bridgehead atoms. The lowest BCUT2D eigenvalue weighted by Gasteiger charge is -2.27. The van der Waals surface area contributed by atoms with E-state index in [-0.39, 0.29) is 18.4 Å². The Balaban J connectivity index is 2.03. The molecule has 6 nitrogen and oxygen atoms in total. The Morgan fingerprint density at radius 1 is 1.50 bits per heavy atom. The predicted molar refractivity (Wildman–Crippen MR) is 71.2 cm³/mol. The van der Waals surface area contributed by atoms with Crippen molar-refractivity contribution in [3.8, 4) is 0 Å². The number of carboxylic acids is 1. The molecule has 1 amide bonds. The number of hydrogen-bond donors (Lipinski definition) is 2. The van der Waals surface area contributed by atoms with Gasteiger partial charge in [0.05, 0.1) is 17.5 Å². The van der Waals surface area contributed by atoms with Crippen molar-refractivity contribution in [3.63, 3.8) is 0 Å². The Morgan fingerprint density at radius 2 is 2.20 bits per heavy atom. The second kappa shape index (κ2) is 5.26. The molecule has 0 spiro atoms. The molecule has 110 valence electrons. The molecule has 2 rings (SSSR count). The SMILES string of the molecule is Cc1noc(C)c1CC(=O)NC1CCCC1(C)C(=O)O. The average Bonchev–Trinajstić information content (AvgIpc) is 2.88. The van der Waals surface area contributed by atoms with Crippen LogP contribution < -0.4 is 5.32 Å². The first kappa shape index (κ1) is 14.6. The van der Waals surface area contributed by atoms with Gasteiger partial charge in [-0.1, -0.05) is 11.6 Å². The van der Waals surface area contributed by atoms with Crippen molar-refractivity contribution in [3.05, 3.63) is 17.0 Å². The van der Waals surface area contributed by atoms with E-state index in [1.54, 1.807) is 20.8 Å². The highest BCUT2D eigenvalue weighted by Crippen LogP contribution is 2.38. The minimum atomic E-state index is -0.867. The number of nitrogens with one attached hydrogen (secondary N) is 1. The van der Waals surface area contributed by atoms with Crippen molar-refractivity contribution >= 4 is 11.9 Å². The number of carbonyl (C=O) groups excluding carboxylic acids is 1. The van der Waals surface area contributed by atoms with E-state index in [1.165, 1.54) is 0 Å². The summed E-state index contributed by atoms with van der Waals surface area (Å²) in [6, 6.07) is -0.312. The Labute approximate surface area is 117 Å². The van der Waals surface area contributed by atoms with Crippen molar-refractivity contribution in [2.24, 2.45) is 5.41 Å². The summed E-state index contributed by atoms with van der Waals surface area (Å²) in [6.45, 7) is 5.25. The van der Waals surface area contributed by atoms with E-state index in [1.807, 2.05) is 0 Å². The second-order valence-electron chi connectivity index (χ2n) is 5.71. The molecule has 6 heteroatoms. The molecular weight excluding hydrogens is 260 g/mol. The number of aryl methyl sites for hydroxylation is 2. The van der Waals surface area contributed by atoms with Crippen molar-refractivity contribution in [2.45, 2.75) is 52.5 Å². The minimum absolute atomic E-state index is 0.174. The molecule has 1 heterocycles. The third-order valence-electron chi connectivity index (χ3n) is 4.30. The zero-order chi connectivity index (χ0) is 14.9. The van der Waals surface area contributed by atoms with Gasteiger partial charge in [0.25, 0.3) is 0 Å². The van der Waals surface area contributed by atoms with Crippen LogP contribution in [0, 0.1) is 19.3 Å². The monoisotopic (exact) mass is 280 g/mol. The number of rotatable bonds is 4. The predicted octanol–water partition coefficient (Wildman–Crippen LogP) is 1.59. The number of aliphatic carboxylic acids is 1. The summed E-state index contributed by atoms with van der Waals surface area (Å²) in [7, 11) is 0. The standard InChI is InChI=1S/C14H20N2O4/c1-8-10(9(2)20-16-8)7-12(17)15-11-5-4-6-14(11,3)13(18)19/h11H,4-7H2,1-3H3,(H,15,17)(H,18,19). The lowest BCUT2D eigenvalue weighted by Crippen LogP contribution is -2.47. The molecule has 1 aromatic rings. The lowest BCUT2D eigenvalue weighted by molar-refractivity contribution is -0.149. The zero-order valence-corrected chi connectivity index (χ0v) is 12.0. The quantitative estimate of drug-likeness (QED) is 0.873. The molecule has 1 aromatic heterocycles. The largest absolute Gasteiger partial charge is 0.481 e. The van der Waals surface area contributed by atoms with E-state index in [0.29, 0.717) is 24.3 Å². The van der Waals surface area contributed by atoms with E-state index in [4.69, 9.17) is 4.52 Å². The topological polar surface area (TPSA) is 92.4 Å². The van der Waals surface area contributed by atoms with Crippen LogP contribution in [0.25, 0.3) is 0 Å². The van der Waals surface area contributed by atoms with Gasteiger partial charge in [0, 0.05) is 11.6 Å². The summed E-state index contributed by atoms with van der Waals surface area (Å²) in [4.78, 5) is 23.5. The zero-order valence-electron chi connectivity index (χ0n) is 12.0. The van der Waals surface area contributed by atoms with Gasteiger partial charge in [-0.25, -0.2) is 0 Å². The van der Waals surface area contributed by atoms with Crippen LogP contribution in [0.15, 0.2) is 4.52 Å². The number of aromatic nitrogens is 1. The first-order valence-electron chi connectivity index (χ1n) is 6.79. The van der Waals surface area contributed by atoms with Gasteiger partial charge >= 0.3 is 5.97 Å². The number of hydrogen-bond acceptors (Lipinski definition) is 4. The molecule has 0 aromatic carbocycles. The molecule has 2 N–H and O–H groups in total. The Kier molecular flexibility index (Phi) is 3.83. The van der Waals surface area contributed by atoms with E-state index in [0.717, 1.165) is 12.0 Å². The van der Waals surface area contributed by atoms with Crippen LogP contribution in [0.4, 0.5) is 0 Å². The van der Waals surface area contributed by atoms with Gasteiger partial charge in [-0.05, 0) is 33.6 Å². The fourth-order valence-corrected chi connectivity index (χ4v) is 2.81. The highest BCUT2D eigenvalue weighted by Gasteiger charge is 2.45. The first-order valence-corrected chi connectivity index (χ1v) is 6.79. The normalized spacial score (nSPS) is 25.6. The molecule has 1 saturated carbocycles. The van der Waals surface area contributed by atoms with Crippen molar-refractivity contribution in [1.29, 1.82) is 0 Å². The first-order chi connectivity index (χ1) is 9.34. The highest BCUT2D eigenvalue weighted by molar-refractivity contribution is 5.82. The fraction of sp³-hybridized carbons (Fsp3) is 0.643. The summed E-state index contributed by atoms with van der Waals surface area (Å²) in [5, 5.41) is 16.0. The lowest BCUT2D eigenvalue weighted by atomic mass is 9.85. The Bertz CT molecular complexity index is 518. The number of amides is 1. The van der Waals surface area contributed by atoms with Gasteiger partial charge in [-0.2, -0.15) is 0 Å². The van der Waals surface area contributed by atoms with Gasteiger partial charge in [0.2, 0.25) is 5.91 Å². The molecular formula is C14H20N2O4. The molecule has 2 atom stereocenters. The van der Waals surface area contributed by atoms with E-state index < -0.39 is 11.4 Å². The molecule has 1 aliphatic rings. The van der Waals surface area contributed by atoms with Crippen LogP contribution in [-0.4, -0.2) is 28.2 Å². The maximum Gasteiger partial charge on any atom is 0.311 e. The van der Waals surface area contributed by atoms with Crippen molar-refractivity contribution < 1.29 is 19.2 Å². The van der Waals surface area contributed by atoms with Crippen LogP contribution in [0.2, 0.25) is 0 Å². The maximum atomic E-state index is 12.1. The van der Waals surface area contributed by atoms with Crippen LogP contribution in [-0.2, 0) is 16.0 Å². The van der Waals surface area contributed by atoms with Gasteiger partial charge in [-0.15, -0.1) is 0 Å². The molecule has 0 saturated heterocycles. The summed E-state index contributed by atoms with van der Waals surface area (Å²) >= 11 is 0. The van der Waals surface area contributed by atoms with Gasteiger partial charge in [-0.3, -0.25) is 9.59 Å². The van der Waals surface area contributed by atoms with E-state index in [9.17, 15) is 14.7 Å². The molecule has 1 fully saturated rings. The van der Waals surface area contributed by atoms with Crippen molar-refractivity contribution in [1.82, 2.24) is 10.5 Å². The Hall–Kier alpha value is -1.85. The summed E-state index contributed by atoms with van der Waals surface area (Å²) in [5.41, 5.74) is 0.608. The van der Waals surface area contributed by atoms with Crippen LogP contribution in [0.5, 0.6) is 0 Å². The molecule has 0 radical (unpaired) electrons. The van der Waals surface area contributed by atoms with Gasteiger partial charge in [0.15, 0.2) is 0 Å². The molecule has 2 unspecified atom stereocenters. The van der Waals surface area contributed by atoms with Gasteiger partial charge in [0.1, 0.15) is 5.76 Å². The number of carbonyl (C=O) groups is 2. The fourth-order valence-electron chi connectivity index (χ4n) is 2.81. The maximum absolute atomic E-state index is 12.1. The molecule has 20 heavy (non-hydrogen) atoms. The number of nitrogens with zero attached hydrogens (tertiary/aromatic N) is 1. The molecule has 0 aliphatic heterocycles. The highest BCUT2D eigenvalue weighted by atomic mass is 16.5. The third-order valence-corrected chi connectivity index (χ3v) is 4.30. The molecule has 1 aliphatic carbocycles. The van der Waals surface area contributed by atoms with Crippen LogP contribution in [0.3, 0.4) is 0 Å². The van der Waals surface area contributed by atoms with Crippen LogP contribution >= 0.6 is 0 Å². The number of carboxylic acid groups (broad SMARTS) is 1. The smallest absolute Gasteiger partial charge is 0.311 e. The summed E-state index contributed by atoms with van der Waals surface area (Å²) < 4.78 is 5.02. The van der Waals surface area contributed by atoms with Crippen LogP contribution in [0.1, 0.15) is 43.2 Å². The average molecular weight is 280 g/mol. The van der Waals surface area contributed by atoms with E-state index in [2.05, 4.69) is 10.5 Å². The third kappa shape index (κ3) is 2.55. The summed E-state index contributed by atoms with van der Waals surface area (Å²) in [6.07, 6.45) is 2.29. The van der Waals surface area contributed by atoms with E-state index >= 15 is 0 Å². The Morgan fingerprint density at radius 3 is 2.75 bits per heavy atom. The van der Waals surface area contributed by atoms with Crippen molar-refractivity contribution in [2.75, 3.05) is 0 Å².